The van der Waals surface area contributed by atoms with Crippen molar-refractivity contribution in [2.75, 3.05) is 13.7 Å². The first-order valence-electron chi connectivity index (χ1n) is 6.86. The van der Waals surface area contributed by atoms with Crippen LogP contribution in [0.15, 0.2) is 0 Å². The summed E-state index contributed by atoms with van der Waals surface area (Å²) in [5, 5.41) is 8.87. The van der Waals surface area contributed by atoms with Gasteiger partial charge in [-0.25, -0.2) is 0 Å². The lowest BCUT2D eigenvalue weighted by atomic mass is 9.88. The summed E-state index contributed by atoms with van der Waals surface area (Å²) >= 11 is 0. The Hall–Kier alpha value is -0.610. The van der Waals surface area contributed by atoms with Crippen LogP contribution in [0.25, 0.3) is 0 Å². The number of aliphatic carboxylic acids is 1. The van der Waals surface area contributed by atoms with Crippen molar-refractivity contribution in [2.45, 2.75) is 70.6 Å². The zero-order valence-corrected chi connectivity index (χ0v) is 12.1. The van der Waals surface area contributed by atoms with Crippen molar-refractivity contribution >= 4 is 5.97 Å². The van der Waals surface area contributed by atoms with Gasteiger partial charge in [0.25, 0.3) is 0 Å². The number of carboxylic acid groups (broad SMARTS) is 1. The van der Waals surface area contributed by atoms with E-state index in [1.807, 2.05) is 0 Å². The number of hydrogen-bond acceptors (Lipinski definition) is 3. The molecule has 1 aliphatic rings. The first kappa shape index (κ1) is 15.4. The number of methoxy groups -OCH3 is 1. The van der Waals surface area contributed by atoms with E-state index in [4.69, 9.17) is 9.84 Å². The Balaban J connectivity index is 2.66. The van der Waals surface area contributed by atoms with Crippen molar-refractivity contribution in [3.05, 3.63) is 0 Å². The molecule has 2 unspecified atom stereocenters. The molecule has 4 heteroatoms. The lowest BCUT2D eigenvalue weighted by Crippen LogP contribution is -2.51. The molecule has 0 spiro atoms. The summed E-state index contributed by atoms with van der Waals surface area (Å²) in [6.45, 7) is 7.10. The Kier molecular flexibility index (Phi) is 5.60. The predicted molar refractivity (Wildman–Crippen MR) is 71.8 cm³/mol. The molecular formula is C14H27NO3. The number of hydrogen-bond donors (Lipinski definition) is 1. The molecule has 0 aromatic rings. The van der Waals surface area contributed by atoms with Gasteiger partial charge in [-0.2, -0.15) is 0 Å². The summed E-state index contributed by atoms with van der Waals surface area (Å²) in [6.07, 6.45) is 5.01. The monoisotopic (exact) mass is 257 g/mol. The van der Waals surface area contributed by atoms with Gasteiger partial charge in [0, 0.05) is 25.2 Å². The quantitative estimate of drug-likeness (QED) is 0.822. The molecule has 1 N–H and O–H groups in total. The molecule has 2 atom stereocenters. The van der Waals surface area contributed by atoms with E-state index in [0.29, 0.717) is 18.7 Å². The maximum atomic E-state index is 10.8. The van der Waals surface area contributed by atoms with Gasteiger partial charge in [-0.15, -0.1) is 0 Å². The molecule has 0 amide bonds. The fourth-order valence-electron chi connectivity index (χ4n) is 2.90. The average Bonchev–Trinajstić information content (AvgIpc) is 2.27. The van der Waals surface area contributed by atoms with Crippen LogP contribution in [0.2, 0.25) is 0 Å². The van der Waals surface area contributed by atoms with E-state index in [2.05, 4.69) is 25.7 Å². The Morgan fingerprint density at radius 3 is 2.56 bits per heavy atom. The minimum absolute atomic E-state index is 0.00967. The number of nitrogens with zero attached hydrogens (tertiary/aromatic N) is 1. The SMILES string of the molecule is COC1CCCC(N(CCC(=O)O)C(C)(C)C)C1. The molecule has 1 rings (SSSR count). The number of ether oxygens (including phenoxy) is 1. The standard InChI is InChI=1S/C14H27NO3/c1-14(2,3)15(9-8-13(16)17)11-6-5-7-12(10-11)18-4/h11-12H,5-10H2,1-4H3,(H,16,17). The van der Waals surface area contributed by atoms with Gasteiger partial charge in [0.15, 0.2) is 0 Å². The maximum Gasteiger partial charge on any atom is 0.304 e. The van der Waals surface area contributed by atoms with Crippen molar-refractivity contribution in [2.24, 2.45) is 0 Å². The minimum atomic E-state index is -0.719. The normalized spacial score (nSPS) is 25.4. The lowest BCUT2D eigenvalue weighted by molar-refractivity contribution is -0.138. The largest absolute Gasteiger partial charge is 0.481 e. The van der Waals surface area contributed by atoms with Crippen molar-refractivity contribution in [3.63, 3.8) is 0 Å². The highest BCUT2D eigenvalue weighted by Gasteiger charge is 2.32. The van der Waals surface area contributed by atoms with Crippen LogP contribution >= 0.6 is 0 Å². The summed E-state index contributed by atoms with van der Waals surface area (Å²) in [6, 6.07) is 0.447. The van der Waals surface area contributed by atoms with E-state index in [1.165, 1.54) is 6.42 Å². The maximum absolute atomic E-state index is 10.8. The molecule has 0 aliphatic heterocycles. The fourth-order valence-corrected chi connectivity index (χ4v) is 2.90. The van der Waals surface area contributed by atoms with Gasteiger partial charge >= 0.3 is 5.97 Å². The van der Waals surface area contributed by atoms with Gasteiger partial charge in [-0.3, -0.25) is 9.69 Å². The Morgan fingerprint density at radius 2 is 2.06 bits per heavy atom. The van der Waals surface area contributed by atoms with Crippen LogP contribution in [0.3, 0.4) is 0 Å². The zero-order valence-electron chi connectivity index (χ0n) is 12.1. The van der Waals surface area contributed by atoms with Crippen molar-refractivity contribution < 1.29 is 14.6 Å². The molecule has 106 valence electrons. The highest BCUT2D eigenvalue weighted by molar-refractivity contribution is 5.66. The second kappa shape index (κ2) is 6.53. The van der Waals surface area contributed by atoms with Crippen molar-refractivity contribution in [1.29, 1.82) is 0 Å². The zero-order chi connectivity index (χ0) is 13.8. The molecule has 1 fully saturated rings. The molecule has 0 radical (unpaired) electrons. The van der Waals surface area contributed by atoms with Gasteiger partial charge in [0.1, 0.15) is 0 Å². The highest BCUT2D eigenvalue weighted by Crippen LogP contribution is 2.29. The van der Waals surface area contributed by atoms with Crippen LogP contribution in [-0.4, -0.2) is 47.3 Å². The Bertz CT molecular complexity index is 273. The third-order valence-corrected chi connectivity index (χ3v) is 3.80. The molecule has 18 heavy (non-hydrogen) atoms. The summed E-state index contributed by atoms with van der Waals surface area (Å²) in [7, 11) is 1.77. The Labute approximate surface area is 110 Å². The molecule has 0 saturated heterocycles. The van der Waals surface area contributed by atoms with Gasteiger partial charge in [-0.1, -0.05) is 0 Å². The van der Waals surface area contributed by atoms with Crippen LogP contribution in [0.1, 0.15) is 52.9 Å². The summed E-state index contributed by atoms with van der Waals surface area (Å²) in [5.41, 5.74) is 0.00967. The average molecular weight is 257 g/mol. The van der Waals surface area contributed by atoms with Gasteiger partial charge in [-0.05, 0) is 46.5 Å². The predicted octanol–water partition coefficient (Wildman–Crippen LogP) is 2.52. The van der Waals surface area contributed by atoms with E-state index in [9.17, 15) is 4.79 Å². The minimum Gasteiger partial charge on any atom is -0.481 e. The van der Waals surface area contributed by atoms with E-state index in [-0.39, 0.29) is 12.0 Å². The van der Waals surface area contributed by atoms with Crippen molar-refractivity contribution in [3.8, 4) is 0 Å². The van der Waals surface area contributed by atoms with E-state index in [1.54, 1.807) is 7.11 Å². The number of carbonyl (C=O) groups is 1. The summed E-state index contributed by atoms with van der Waals surface area (Å²) in [5.74, 6) is -0.719. The fraction of sp³-hybridized carbons (Fsp3) is 0.929. The molecule has 0 heterocycles. The topological polar surface area (TPSA) is 49.8 Å². The molecular weight excluding hydrogens is 230 g/mol. The van der Waals surface area contributed by atoms with Crippen LogP contribution in [-0.2, 0) is 9.53 Å². The molecule has 4 nitrogen and oxygen atoms in total. The van der Waals surface area contributed by atoms with Crippen LogP contribution in [0.4, 0.5) is 0 Å². The highest BCUT2D eigenvalue weighted by atomic mass is 16.5. The number of rotatable bonds is 5. The molecule has 1 saturated carbocycles. The second-order valence-electron chi connectivity index (χ2n) is 6.19. The van der Waals surface area contributed by atoms with Gasteiger partial charge in [0.2, 0.25) is 0 Å². The van der Waals surface area contributed by atoms with E-state index < -0.39 is 5.97 Å². The van der Waals surface area contributed by atoms with E-state index in [0.717, 1.165) is 19.3 Å². The summed E-state index contributed by atoms with van der Waals surface area (Å²) in [4.78, 5) is 13.1. The molecule has 0 bridgehead atoms. The first-order valence-corrected chi connectivity index (χ1v) is 6.86. The smallest absolute Gasteiger partial charge is 0.304 e. The molecule has 1 aliphatic carbocycles. The second-order valence-corrected chi connectivity index (χ2v) is 6.19. The van der Waals surface area contributed by atoms with Gasteiger partial charge < -0.3 is 9.84 Å². The van der Waals surface area contributed by atoms with E-state index >= 15 is 0 Å². The Morgan fingerprint density at radius 1 is 1.39 bits per heavy atom. The summed E-state index contributed by atoms with van der Waals surface area (Å²) < 4.78 is 5.47. The third kappa shape index (κ3) is 4.58. The number of carboxylic acids is 1. The van der Waals surface area contributed by atoms with Crippen molar-refractivity contribution in [1.82, 2.24) is 4.90 Å². The first-order chi connectivity index (χ1) is 8.34. The van der Waals surface area contributed by atoms with Crippen LogP contribution in [0.5, 0.6) is 0 Å². The lowest BCUT2D eigenvalue weighted by Gasteiger charge is -2.44. The molecule has 0 aromatic heterocycles. The van der Waals surface area contributed by atoms with Crippen LogP contribution < -0.4 is 0 Å². The third-order valence-electron chi connectivity index (χ3n) is 3.80. The molecule has 0 aromatic carbocycles. The van der Waals surface area contributed by atoms with Gasteiger partial charge in [0.05, 0.1) is 12.5 Å². The van der Waals surface area contributed by atoms with Crippen LogP contribution in [0, 0.1) is 0 Å².